The Morgan fingerprint density at radius 3 is 2.63 bits per heavy atom. The standard InChI is InChI=1S/C28H31N5O5/c1-17-13-20(8-10-24(17)38-21-9-7-18(2)29-15-21)33-27-26-22(31-16-32-27)5-4-6-25(26)37-19(3)14-30-28(36)23(35)11-12-34/h4-10,13,15-16,19,23,34-35H,11-12,14H2,1-3H3,(H,30,36)(H,31,32,33). The summed E-state index contributed by atoms with van der Waals surface area (Å²) < 4.78 is 12.1. The van der Waals surface area contributed by atoms with Crippen LogP contribution >= 0.6 is 0 Å². The lowest BCUT2D eigenvalue weighted by Crippen LogP contribution is -2.40. The number of pyridine rings is 1. The number of amides is 1. The van der Waals surface area contributed by atoms with Crippen molar-refractivity contribution < 1.29 is 24.5 Å². The van der Waals surface area contributed by atoms with Crippen LogP contribution in [0.5, 0.6) is 17.2 Å². The topological polar surface area (TPSA) is 139 Å². The molecule has 0 bridgehead atoms. The Balaban J connectivity index is 1.50. The Hall–Kier alpha value is -4.28. The number of fused-ring (bicyclic) bond motifs is 1. The van der Waals surface area contributed by atoms with Crippen molar-refractivity contribution in [2.24, 2.45) is 0 Å². The molecule has 0 saturated heterocycles. The first-order valence-electron chi connectivity index (χ1n) is 12.3. The van der Waals surface area contributed by atoms with E-state index in [-0.39, 0.29) is 19.6 Å². The number of rotatable bonds is 11. The fourth-order valence-electron chi connectivity index (χ4n) is 3.77. The number of aliphatic hydroxyl groups excluding tert-OH is 2. The molecule has 0 aliphatic heterocycles. The van der Waals surface area contributed by atoms with Crippen LogP contribution in [0.1, 0.15) is 24.6 Å². The van der Waals surface area contributed by atoms with Gasteiger partial charge in [-0.05, 0) is 68.8 Å². The third-order valence-electron chi connectivity index (χ3n) is 5.77. The molecule has 4 rings (SSSR count). The molecule has 4 aromatic rings. The first-order chi connectivity index (χ1) is 18.3. The van der Waals surface area contributed by atoms with Gasteiger partial charge >= 0.3 is 0 Å². The molecule has 0 saturated carbocycles. The molecule has 0 aliphatic rings. The van der Waals surface area contributed by atoms with Crippen molar-refractivity contribution >= 4 is 28.3 Å². The van der Waals surface area contributed by atoms with Crippen LogP contribution < -0.4 is 20.1 Å². The van der Waals surface area contributed by atoms with E-state index in [1.807, 2.05) is 62.4 Å². The van der Waals surface area contributed by atoms with Gasteiger partial charge in [-0.1, -0.05) is 6.07 Å². The molecule has 2 aromatic carbocycles. The fourth-order valence-corrected chi connectivity index (χ4v) is 3.77. The van der Waals surface area contributed by atoms with Crippen LogP contribution in [0.25, 0.3) is 10.9 Å². The van der Waals surface area contributed by atoms with Gasteiger partial charge in [0.15, 0.2) is 0 Å². The van der Waals surface area contributed by atoms with Crippen LogP contribution in [0.3, 0.4) is 0 Å². The molecule has 10 nitrogen and oxygen atoms in total. The Morgan fingerprint density at radius 2 is 1.89 bits per heavy atom. The van der Waals surface area contributed by atoms with Crippen molar-refractivity contribution in [3.05, 3.63) is 72.3 Å². The van der Waals surface area contributed by atoms with Crippen molar-refractivity contribution in [1.29, 1.82) is 0 Å². The summed E-state index contributed by atoms with van der Waals surface area (Å²) in [6.45, 7) is 5.59. The summed E-state index contributed by atoms with van der Waals surface area (Å²) in [7, 11) is 0. The van der Waals surface area contributed by atoms with E-state index in [0.717, 1.165) is 22.7 Å². The molecule has 198 valence electrons. The molecule has 1 amide bonds. The van der Waals surface area contributed by atoms with Gasteiger partial charge in [-0.2, -0.15) is 0 Å². The molecule has 0 spiro atoms. The van der Waals surface area contributed by atoms with Gasteiger partial charge < -0.3 is 30.3 Å². The van der Waals surface area contributed by atoms with E-state index >= 15 is 0 Å². The molecule has 0 radical (unpaired) electrons. The average Bonchev–Trinajstić information content (AvgIpc) is 2.90. The minimum Gasteiger partial charge on any atom is -0.488 e. The number of aromatic nitrogens is 3. The van der Waals surface area contributed by atoms with Crippen LogP contribution in [-0.2, 0) is 4.79 Å². The molecule has 2 heterocycles. The highest BCUT2D eigenvalue weighted by Gasteiger charge is 2.17. The third kappa shape index (κ3) is 6.72. The molecule has 0 aliphatic carbocycles. The molecule has 2 aromatic heterocycles. The molecule has 38 heavy (non-hydrogen) atoms. The number of aryl methyl sites for hydroxylation is 2. The molecular formula is C28H31N5O5. The first kappa shape index (κ1) is 26.8. The van der Waals surface area contributed by atoms with Gasteiger partial charge in [-0.3, -0.25) is 9.78 Å². The zero-order valence-electron chi connectivity index (χ0n) is 21.5. The summed E-state index contributed by atoms with van der Waals surface area (Å²) in [5.41, 5.74) is 3.35. The van der Waals surface area contributed by atoms with Crippen molar-refractivity contribution in [2.75, 3.05) is 18.5 Å². The normalized spacial score (nSPS) is 12.6. The zero-order valence-corrected chi connectivity index (χ0v) is 21.5. The van der Waals surface area contributed by atoms with E-state index in [2.05, 4.69) is 25.6 Å². The molecule has 0 fully saturated rings. The minimum absolute atomic E-state index is 0.0213. The number of nitrogens with zero attached hydrogens (tertiary/aromatic N) is 3. The van der Waals surface area contributed by atoms with Crippen LogP contribution in [0.2, 0.25) is 0 Å². The predicted molar refractivity (Wildman–Crippen MR) is 144 cm³/mol. The van der Waals surface area contributed by atoms with Crippen molar-refractivity contribution in [2.45, 2.75) is 39.4 Å². The molecule has 4 N–H and O–H groups in total. The van der Waals surface area contributed by atoms with Gasteiger partial charge in [-0.25, -0.2) is 9.97 Å². The van der Waals surface area contributed by atoms with E-state index in [4.69, 9.17) is 14.6 Å². The maximum Gasteiger partial charge on any atom is 0.249 e. The second-order valence-electron chi connectivity index (χ2n) is 8.92. The molecule has 2 atom stereocenters. The Kier molecular flexibility index (Phi) is 8.67. The number of carbonyl (C=O) groups is 1. The maximum absolute atomic E-state index is 12.0. The number of hydrogen-bond donors (Lipinski definition) is 4. The number of ether oxygens (including phenoxy) is 2. The smallest absolute Gasteiger partial charge is 0.249 e. The molecule has 10 heteroatoms. The third-order valence-corrected chi connectivity index (χ3v) is 5.77. The van der Waals surface area contributed by atoms with Crippen LogP contribution in [0.4, 0.5) is 11.5 Å². The SMILES string of the molecule is Cc1ccc(Oc2ccc(Nc3ncnc4cccc(OC(C)CNC(=O)C(O)CCO)c34)cc2C)cn1. The minimum atomic E-state index is -1.26. The van der Waals surface area contributed by atoms with E-state index < -0.39 is 18.1 Å². The van der Waals surface area contributed by atoms with Crippen molar-refractivity contribution in [3.8, 4) is 17.2 Å². The average molecular weight is 518 g/mol. The second kappa shape index (κ2) is 12.3. The van der Waals surface area contributed by atoms with Crippen LogP contribution in [0.15, 0.2) is 61.1 Å². The van der Waals surface area contributed by atoms with E-state index in [1.165, 1.54) is 6.33 Å². The summed E-state index contributed by atoms with van der Waals surface area (Å²) in [4.78, 5) is 25.0. The van der Waals surface area contributed by atoms with Gasteiger partial charge in [0.05, 0.1) is 23.6 Å². The monoisotopic (exact) mass is 517 g/mol. The van der Waals surface area contributed by atoms with Gasteiger partial charge in [0.25, 0.3) is 0 Å². The van der Waals surface area contributed by atoms with E-state index in [1.54, 1.807) is 13.1 Å². The lowest BCUT2D eigenvalue weighted by molar-refractivity contribution is -0.130. The molecule has 2 unspecified atom stereocenters. The highest BCUT2D eigenvalue weighted by Crippen LogP contribution is 2.33. The zero-order chi connectivity index (χ0) is 27.1. The number of benzene rings is 2. The van der Waals surface area contributed by atoms with Gasteiger partial charge in [0, 0.05) is 24.4 Å². The van der Waals surface area contributed by atoms with E-state index in [0.29, 0.717) is 28.2 Å². The van der Waals surface area contributed by atoms with Gasteiger partial charge in [0.2, 0.25) is 5.91 Å². The fraction of sp³-hybridized carbons (Fsp3) is 0.286. The highest BCUT2D eigenvalue weighted by atomic mass is 16.5. The number of hydrogen-bond acceptors (Lipinski definition) is 9. The van der Waals surface area contributed by atoms with Crippen molar-refractivity contribution in [3.63, 3.8) is 0 Å². The summed E-state index contributed by atoms with van der Waals surface area (Å²) in [6.07, 6.45) is 1.48. The summed E-state index contributed by atoms with van der Waals surface area (Å²) in [6, 6.07) is 15.0. The number of nitrogens with one attached hydrogen (secondary N) is 2. The largest absolute Gasteiger partial charge is 0.488 e. The lowest BCUT2D eigenvalue weighted by Gasteiger charge is -2.19. The quantitative estimate of drug-likeness (QED) is 0.234. The van der Waals surface area contributed by atoms with Gasteiger partial charge in [0.1, 0.15) is 41.6 Å². The Bertz CT molecular complexity index is 1390. The lowest BCUT2D eigenvalue weighted by atomic mass is 10.1. The number of anilines is 2. The van der Waals surface area contributed by atoms with Crippen LogP contribution in [0, 0.1) is 13.8 Å². The Morgan fingerprint density at radius 1 is 1.05 bits per heavy atom. The highest BCUT2D eigenvalue weighted by molar-refractivity contribution is 5.95. The predicted octanol–water partition coefficient (Wildman–Crippen LogP) is 3.80. The second-order valence-corrected chi connectivity index (χ2v) is 8.92. The molecular weight excluding hydrogens is 486 g/mol. The maximum atomic E-state index is 12.0. The van der Waals surface area contributed by atoms with E-state index in [9.17, 15) is 9.90 Å². The van der Waals surface area contributed by atoms with Crippen molar-refractivity contribution in [1.82, 2.24) is 20.3 Å². The summed E-state index contributed by atoms with van der Waals surface area (Å²) in [5, 5.41) is 25.3. The van der Waals surface area contributed by atoms with Gasteiger partial charge in [-0.15, -0.1) is 0 Å². The summed E-state index contributed by atoms with van der Waals surface area (Å²) >= 11 is 0. The first-order valence-corrected chi connectivity index (χ1v) is 12.3. The number of aliphatic hydroxyl groups is 2. The van der Waals surface area contributed by atoms with Crippen LogP contribution in [-0.4, -0.2) is 56.4 Å². The summed E-state index contributed by atoms with van der Waals surface area (Å²) in [5.74, 6) is 1.94. The Labute approximate surface area is 220 Å². The number of carbonyl (C=O) groups excluding carboxylic acids is 1.